The summed E-state index contributed by atoms with van der Waals surface area (Å²) in [5.74, 6) is 0.00170. The van der Waals surface area contributed by atoms with Gasteiger partial charge in [-0.3, -0.25) is 9.48 Å². The summed E-state index contributed by atoms with van der Waals surface area (Å²) in [7, 11) is 1.79. The van der Waals surface area contributed by atoms with Gasteiger partial charge in [0.05, 0.1) is 11.0 Å². The number of likely N-dealkylation sites (tertiary alicyclic amines) is 1. The summed E-state index contributed by atoms with van der Waals surface area (Å²) in [6, 6.07) is 15.8. The number of hydrogen-bond donors (Lipinski definition) is 1. The monoisotopic (exact) mass is 367 g/mol. The predicted octanol–water partition coefficient (Wildman–Crippen LogP) is 3.14. The molecular formula is C20H21N3O2S. The predicted molar refractivity (Wildman–Crippen MR) is 102 cm³/mol. The van der Waals surface area contributed by atoms with E-state index in [1.165, 1.54) is 0 Å². The molecule has 0 bridgehead atoms. The van der Waals surface area contributed by atoms with Crippen molar-refractivity contribution < 1.29 is 9.90 Å². The Bertz CT molecular complexity index is 889. The van der Waals surface area contributed by atoms with Gasteiger partial charge in [0.1, 0.15) is 11.4 Å². The van der Waals surface area contributed by atoms with Gasteiger partial charge >= 0.3 is 0 Å². The van der Waals surface area contributed by atoms with Crippen LogP contribution in [-0.2, 0) is 7.05 Å². The molecule has 1 aliphatic heterocycles. The molecule has 2 atom stereocenters. The maximum atomic E-state index is 12.9. The van der Waals surface area contributed by atoms with Crippen LogP contribution in [0.15, 0.2) is 53.9 Å². The molecule has 1 aromatic carbocycles. The average Bonchev–Trinajstić information content (AvgIpc) is 3.31. The molecule has 0 saturated carbocycles. The molecule has 26 heavy (non-hydrogen) atoms. The smallest absolute Gasteiger partial charge is 0.272 e. The van der Waals surface area contributed by atoms with Crippen molar-refractivity contribution >= 4 is 17.2 Å². The molecule has 1 fully saturated rings. The lowest BCUT2D eigenvalue weighted by molar-refractivity contribution is 0.0374. The van der Waals surface area contributed by atoms with Crippen molar-refractivity contribution in [2.45, 2.75) is 18.4 Å². The summed E-state index contributed by atoms with van der Waals surface area (Å²) in [4.78, 5) is 15.7. The number of nitrogens with zero attached hydrogens (tertiary/aromatic N) is 3. The Labute approximate surface area is 156 Å². The van der Waals surface area contributed by atoms with E-state index in [1.807, 2.05) is 53.9 Å². The highest BCUT2D eigenvalue weighted by molar-refractivity contribution is 7.13. The van der Waals surface area contributed by atoms with Gasteiger partial charge in [-0.15, -0.1) is 11.3 Å². The minimum Gasteiger partial charge on any atom is -0.391 e. The number of aryl methyl sites for hydroxylation is 1. The van der Waals surface area contributed by atoms with E-state index < -0.39 is 6.10 Å². The van der Waals surface area contributed by atoms with Crippen LogP contribution in [0.2, 0.25) is 0 Å². The first-order valence-corrected chi connectivity index (χ1v) is 9.61. The third kappa shape index (κ3) is 3.18. The molecule has 0 unspecified atom stereocenters. The number of amides is 1. The van der Waals surface area contributed by atoms with E-state index >= 15 is 0 Å². The Hall–Kier alpha value is -2.44. The van der Waals surface area contributed by atoms with Gasteiger partial charge in [-0.25, -0.2) is 0 Å². The fourth-order valence-electron chi connectivity index (χ4n) is 3.58. The zero-order valence-corrected chi connectivity index (χ0v) is 15.4. The van der Waals surface area contributed by atoms with Crippen molar-refractivity contribution in [3.8, 4) is 10.6 Å². The first kappa shape index (κ1) is 17.0. The van der Waals surface area contributed by atoms with Crippen LogP contribution in [0.25, 0.3) is 10.6 Å². The molecule has 4 rings (SSSR count). The molecule has 2 aromatic heterocycles. The topological polar surface area (TPSA) is 58.4 Å². The van der Waals surface area contributed by atoms with E-state index in [9.17, 15) is 9.90 Å². The SMILES string of the molecule is Cn1nc(-c2cccs2)cc1C(=O)N1CC[C@@H](c2ccccc2)[C@H](O)C1. The Morgan fingerprint density at radius 1 is 1.23 bits per heavy atom. The summed E-state index contributed by atoms with van der Waals surface area (Å²) in [5, 5.41) is 17.1. The highest BCUT2D eigenvalue weighted by Crippen LogP contribution is 2.30. The number of carbonyl (C=O) groups is 1. The minimum absolute atomic E-state index is 0.0756. The summed E-state index contributed by atoms with van der Waals surface area (Å²) < 4.78 is 1.63. The number of aliphatic hydroxyl groups excluding tert-OH is 1. The van der Waals surface area contributed by atoms with Gasteiger partial charge in [0.15, 0.2) is 0 Å². The van der Waals surface area contributed by atoms with Gasteiger partial charge < -0.3 is 10.0 Å². The lowest BCUT2D eigenvalue weighted by Gasteiger charge is -2.36. The van der Waals surface area contributed by atoms with Gasteiger partial charge in [0.2, 0.25) is 0 Å². The molecule has 1 aliphatic rings. The maximum absolute atomic E-state index is 12.9. The maximum Gasteiger partial charge on any atom is 0.272 e. The Morgan fingerprint density at radius 2 is 2.04 bits per heavy atom. The fraction of sp³-hybridized carbons (Fsp3) is 0.300. The number of carbonyl (C=O) groups excluding carboxylic acids is 1. The van der Waals surface area contributed by atoms with Crippen LogP contribution in [0, 0.1) is 0 Å². The molecule has 1 N–H and O–H groups in total. The van der Waals surface area contributed by atoms with E-state index in [1.54, 1.807) is 28.0 Å². The largest absolute Gasteiger partial charge is 0.391 e. The van der Waals surface area contributed by atoms with Crippen LogP contribution in [-0.4, -0.2) is 44.9 Å². The fourth-order valence-corrected chi connectivity index (χ4v) is 4.26. The molecule has 0 aliphatic carbocycles. The van der Waals surface area contributed by atoms with E-state index in [-0.39, 0.29) is 11.8 Å². The summed E-state index contributed by atoms with van der Waals surface area (Å²) in [6.07, 6.45) is 0.201. The second kappa shape index (κ2) is 7.05. The molecule has 134 valence electrons. The zero-order valence-electron chi connectivity index (χ0n) is 14.6. The molecule has 3 aromatic rings. The van der Waals surface area contributed by atoms with Crippen molar-refractivity contribution in [2.24, 2.45) is 7.05 Å². The van der Waals surface area contributed by atoms with Gasteiger partial charge in [-0.1, -0.05) is 36.4 Å². The van der Waals surface area contributed by atoms with E-state index in [0.29, 0.717) is 18.8 Å². The third-order valence-corrected chi connectivity index (χ3v) is 5.86. The standard InChI is InChI=1S/C20H21N3O2S/c1-22-17(12-16(21-22)19-8-5-11-26-19)20(25)23-10-9-15(18(24)13-23)14-6-3-2-4-7-14/h2-8,11-12,15,18,24H,9-10,13H2,1H3/t15-,18+/m0/s1. The quantitative estimate of drug-likeness (QED) is 0.774. The number of aliphatic hydroxyl groups is 1. The molecule has 1 amide bonds. The Kier molecular flexibility index (Phi) is 4.61. The lowest BCUT2D eigenvalue weighted by atomic mass is 9.87. The zero-order chi connectivity index (χ0) is 18.1. The van der Waals surface area contributed by atoms with E-state index in [2.05, 4.69) is 5.10 Å². The number of thiophene rings is 1. The number of rotatable bonds is 3. The second-order valence-electron chi connectivity index (χ2n) is 6.64. The second-order valence-corrected chi connectivity index (χ2v) is 7.59. The van der Waals surface area contributed by atoms with Crippen LogP contribution in [0.1, 0.15) is 28.4 Å². The van der Waals surface area contributed by atoms with Crippen LogP contribution in [0.3, 0.4) is 0 Å². The molecule has 6 heteroatoms. The summed E-state index contributed by atoms with van der Waals surface area (Å²) in [5.41, 5.74) is 2.50. The van der Waals surface area contributed by atoms with Crippen molar-refractivity contribution in [2.75, 3.05) is 13.1 Å². The van der Waals surface area contributed by atoms with Gasteiger partial charge in [0.25, 0.3) is 5.91 Å². The van der Waals surface area contributed by atoms with Crippen LogP contribution >= 0.6 is 11.3 Å². The van der Waals surface area contributed by atoms with Crippen molar-refractivity contribution in [3.05, 3.63) is 65.2 Å². The lowest BCUT2D eigenvalue weighted by Crippen LogP contribution is -2.46. The average molecular weight is 367 g/mol. The summed E-state index contributed by atoms with van der Waals surface area (Å²) >= 11 is 1.60. The molecule has 5 nitrogen and oxygen atoms in total. The van der Waals surface area contributed by atoms with E-state index in [0.717, 1.165) is 22.6 Å². The highest BCUT2D eigenvalue weighted by atomic mass is 32.1. The normalized spacial score (nSPS) is 20.3. The number of β-amino-alcohol motifs (C(OH)–C–C–N with tert-alkyl or cyclic N) is 1. The third-order valence-electron chi connectivity index (χ3n) is 4.97. The Morgan fingerprint density at radius 3 is 2.73 bits per heavy atom. The molecule has 0 spiro atoms. The van der Waals surface area contributed by atoms with Crippen LogP contribution in [0.4, 0.5) is 0 Å². The Balaban J connectivity index is 1.50. The number of piperidine rings is 1. The number of benzene rings is 1. The van der Waals surface area contributed by atoms with Crippen molar-refractivity contribution in [3.63, 3.8) is 0 Å². The summed E-state index contributed by atoms with van der Waals surface area (Å²) in [6.45, 7) is 0.979. The van der Waals surface area contributed by atoms with Gasteiger partial charge in [-0.2, -0.15) is 5.10 Å². The van der Waals surface area contributed by atoms with Crippen LogP contribution < -0.4 is 0 Å². The molecule has 1 saturated heterocycles. The van der Waals surface area contributed by atoms with Crippen molar-refractivity contribution in [1.82, 2.24) is 14.7 Å². The molecule has 0 radical (unpaired) electrons. The van der Waals surface area contributed by atoms with Crippen LogP contribution in [0.5, 0.6) is 0 Å². The van der Waals surface area contributed by atoms with Gasteiger partial charge in [-0.05, 0) is 29.5 Å². The van der Waals surface area contributed by atoms with Gasteiger partial charge in [0, 0.05) is 26.1 Å². The first-order valence-electron chi connectivity index (χ1n) is 8.73. The minimum atomic E-state index is -0.555. The first-order chi connectivity index (χ1) is 12.6. The van der Waals surface area contributed by atoms with Crippen molar-refractivity contribution in [1.29, 1.82) is 0 Å². The van der Waals surface area contributed by atoms with E-state index in [4.69, 9.17) is 0 Å². The molecular weight excluding hydrogens is 346 g/mol. The molecule has 3 heterocycles. The number of hydrogen-bond acceptors (Lipinski definition) is 4. The number of aromatic nitrogens is 2. The highest BCUT2D eigenvalue weighted by Gasteiger charge is 2.32.